The van der Waals surface area contributed by atoms with Crippen LogP contribution in [-0.2, 0) is 6.54 Å². The summed E-state index contributed by atoms with van der Waals surface area (Å²) in [5.41, 5.74) is 1.47. The van der Waals surface area contributed by atoms with Crippen LogP contribution in [0, 0.1) is 24.1 Å². The van der Waals surface area contributed by atoms with Crippen molar-refractivity contribution >= 4 is 17.2 Å². The molecule has 20 heavy (non-hydrogen) atoms. The van der Waals surface area contributed by atoms with Crippen molar-refractivity contribution in [2.45, 2.75) is 13.5 Å². The highest BCUT2D eigenvalue weighted by atomic mass is 32.1. The average Bonchev–Trinajstić information content (AvgIpc) is 2.82. The van der Waals surface area contributed by atoms with E-state index in [1.165, 1.54) is 11.0 Å². The van der Waals surface area contributed by atoms with Crippen molar-refractivity contribution in [3.63, 3.8) is 0 Å². The van der Waals surface area contributed by atoms with Gasteiger partial charge in [-0.3, -0.25) is 4.79 Å². The van der Waals surface area contributed by atoms with E-state index in [0.717, 1.165) is 22.6 Å². The van der Waals surface area contributed by atoms with E-state index in [1.54, 1.807) is 18.4 Å². The van der Waals surface area contributed by atoms with E-state index in [4.69, 9.17) is 5.26 Å². The Morgan fingerprint density at radius 2 is 2.20 bits per heavy atom. The maximum absolute atomic E-state index is 13.4. The summed E-state index contributed by atoms with van der Waals surface area (Å²) in [7, 11) is 1.67. The lowest BCUT2D eigenvalue weighted by Gasteiger charge is -2.17. The van der Waals surface area contributed by atoms with Crippen LogP contribution >= 0.6 is 11.3 Å². The van der Waals surface area contributed by atoms with E-state index in [0.29, 0.717) is 6.54 Å². The summed E-state index contributed by atoms with van der Waals surface area (Å²) >= 11 is 1.58. The molecule has 0 saturated carbocycles. The minimum atomic E-state index is -0.576. The van der Waals surface area contributed by atoms with E-state index >= 15 is 0 Å². The van der Waals surface area contributed by atoms with Gasteiger partial charge in [-0.05, 0) is 42.1 Å². The van der Waals surface area contributed by atoms with Crippen LogP contribution in [0.3, 0.4) is 0 Å². The Hall–Kier alpha value is -2.19. The third-order valence-corrected chi connectivity index (χ3v) is 3.98. The zero-order valence-corrected chi connectivity index (χ0v) is 12.0. The number of aryl methyl sites for hydroxylation is 1. The van der Waals surface area contributed by atoms with Gasteiger partial charge in [0.15, 0.2) is 0 Å². The van der Waals surface area contributed by atoms with Crippen LogP contribution < -0.4 is 0 Å². The summed E-state index contributed by atoms with van der Waals surface area (Å²) in [6, 6.07) is 7.51. The molecule has 0 aliphatic rings. The Morgan fingerprint density at radius 3 is 2.80 bits per heavy atom. The Balaban J connectivity index is 2.21. The van der Waals surface area contributed by atoms with Gasteiger partial charge in [-0.25, -0.2) is 4.39 Å². The van der Waals surface area contributed by atoms with Gasteiger partial charge in [0.25, 0.3) is 5.91 Å². The molecule has 2 rings (SSSR count). The molecule has 0 bridgehead atoms. The molecule has 5 heteroatoms. The van der Waals surface area contributed by atoms with Gasteiger partial charge in [-0.1, -0.05) is 0 Å². The Labute approximate surface area is 120 Å². The lowest BCUT2D eigenvalue weighted by atomic mass is 10.1. The molecule has 0 aliphatic carbocycles. The quantitative estimate of drug-likeness (QED) is 0.869. The maximum atomic E-state index is 13.4. The number of nitrogens with zero attached hydrogens (tertiary/aromatic N) is 2. The fraction of sp³-hybridized carbons (Fsp3) is 0.200. The number of carbonyl (C=O) groups is 1. The molecular weight excluding hydrogens is 275 g/mol. The second-order valence-electron chi connectivity index (χ2n) is 4.53. The fourth-order valence-corrected chi connectivity index (χ4v) is 2.81. The predicted molar refractivity (Wildman–Crippen MR) is 76.0 cm³/mol. The van der Waals surface area contributed by atoms with Gasteiger partial charge in [-0.2, -0.15) is 5.26 Å². The van der Waals surface area contributed by atoms with E-state index in [1.807, 2.05) is 24.4 Å². The average molecular weight is 288 g/mol. The second-order valence-corrected chi connectivity index (χ2v) is 5.53. The highest BCUT2D eigenvalue weighted by Crippen LogP contribution is 2.19. The van der Waals surface area contributed by atoms with Crippen molar-refractivity contribution in [2.24, 2.45) is 0 Å². The SMILES string of the molecule is Cc1ccsc1CN(C)C(=O)c1cc(F)cc(C#N)c1. The first-order valence-corrected chi connectivity index (χ1v) is 6.88. The van der Waals surface area contributed by atoms with Gasteiger partial charge in [0.05, 0.1) is 18.2 Å². The van der Waals surface area contributed by atoms with E-state index < -0.39 is 5.82 Å². The molecule has 2 aromatic rings. The third kappa shape index (κ3) is 3.03. The summed E-state index contributed by atoms with van der Waals surface area (Å²) in [5, 5.41) is 10.8. The van der Waals surface area contributed by atoms with Crippen LogP contribution in [0.1, 0.15) is 26.4 Å². The van der Waals surface area contributed by atoms with Crippen molar-refractivity contribution in [2.75, 3.05) is 7.05 Å². The molecule has 1 heterocycles. The van der Waals surface area contributed by atoms with Gasteiger partial charge in [-0.15, -0.1) is 11.3 Å². The number of hydrogen-bond donors (Lipinski definition) is 0. The first-order valence-electron chi connectivity index (χ1n) is 6.00. The first kappa shape index (κ1) is 14.2. The third-order valence-electron chi connectivity index (χ3n) is 2.97. The van der Waals surface area contributed by atoms with Crippen molar-refractivity contribution in [1.82, 2.24) is 4.90 Å². The summed E-state index contributed by atoms with van der Waals surface area (Å²) in [5.74, 6) is -0.873. The van der Waals surface area contributed by atoms with E-state index in [-0.39, 0.29) is 17.0 Å². The van der Waals surface area contributed by atoms with Gasteiger partial charge in [0.1, 0.15) is 5.82 Å². The van der Waals surface area contributed by atoms with Crippen LogP contribution in [0.2, 0.25) is 0 Å². The Kier molecular flexibility index (Phi) is 4.16. The van der Waals surface area contributed by atoms with Crippen molar-refractivity contribution in [3.05, 3.63) is 57.0 Å². The lowest BCUT2D eigenvalue weighted by molar-refractivity contribution is 0.0786. The van der Waals surface area contributed by atoms with Crippen LogP contribution in [0.25, 0.3) is 0 Å². The molecule has 0 fully saturated rings. The molecule has 0 N–H and O–H groups in total. The molecule has 3 nitrogen and oxygen atoms in total. The lowest BCUT2D eigenvalue weighted by Crippen LogP contribution is -2.26. The van der Waals surface area contributed by atoms with Crippen molar-refractivity contribution < 1.29 is 9.18 Å². The highest BCUT2D eigenvalue weighted by Gasteiger charge is 2.15. The van der Waals surface area contributed by atoms with Crippen LogP contribution in [0.15, 0.2) is 29.6 Å². The number of amides is 1. The second kappa shape index (κ2) is 5.85. The molecule has 0 atom stereocenters. The molecule has 1 amide bonds. The summed E-state index contributed by atoms with van der Waals surface area (Å²) < 4.78 is 13.4. The van der Waals surface area contributed by atoms with Crippen LogP contribution in [-0.4, -0.2) is 17.9 Å². The van der Waals surface area contributed by atoms with Crippen molar-refractivity contribution in [3.8, 4) is 6.07 Å². The van der Waals surface area contributed by atoms with Crippen molar-refractivity contribution in [1.29, 1.82) is 5.26 Å². The van der Waals surface area contributed by atoms with Crippen LogP contribution in [0.4, 0.5) is 4.39 Å². The minimum absolute atomic E-state index is 0.147. The summed E-state index contributed by atoms with van der Waals surface area (Å²) in [6.45, 7) is 2.46. The minimum Gasteiger partial charge on any atom is -0.337 e. The van der Waals surface area contributed by atoms with Gasteiger partial charge >= 0.3 is 0 Å². The molecule has 0 radical (unpaired) electrons. The monoisotopic (exact) mass is 288 g/mol. The zero-order chi connectivity index (χ0) is 14.7. The predicted octanol–water partition coefficient (Wildman–Crippen LogP) is 3.34. The molecule has 0 unspecified atom stereocenters. The Morgan fingerprint density at radius 1 is 1.45 bits per heavy atom. The normalized spacial score (nSPS) is 10.1. The first-order chi connectivity index (χ1) is 9.51. The maximum Gasteiger partial charge on any atom is 0.254 e. The number of thiophene rings is 1. The molecule has 0 spiro atoms. The molecule has 1 aromatic heterocycles. The molecule has 0 aliphatic heterocycles. The topological polar surface area (TPSA) is 44.1 Å². The number of carbonyl (C=O) groups excluding carboxylic acids is 1. The molecular formula is C15H13FN2OS. The summed E-state index contributed by atoms with van der Waals surface area (Å²) in [6.07, 6.45) is 0. The number of nitriles is 1. The largest absolute Gasteiger partial charge is 0.337 e. The van der Waals surface area contributed by atoms with E-state index in [9.17, 15) is 9.18 Å². The standard InChI is InChI=1S/C15H13FN2OS/c1-10-3-4-20-14(10)9-18(2)15(19)12-5-11(8-17)6-13(16)7-12/h3-7H,9H2,1-2H3. The van der Waals surface area contributed by atoms with Gasteiger partial charge in [0, 0.05) is 17.5 Å². The highest BCUT2D eigenvalue weighted by molar-refractivity contribution is 7.10. The van der Waals surface area contributed by atoms with Gasteiger partial charge < -0.3 is 4.90 Å². The fourth-order valence-electron chi connectivity index (χ4n) is 1.85. The number of halogens is 1. The van der Waals surface area contributed by atoms with Gasteiger partial charge in [0.2, 0.25) is 0 Å². The van der Waals surface area contributed by atoms with Crippen LogP contribution in [0.5, 0.6) is 0 Å². The summed E-state index contributed by atoms with van der Waals surface area (Å²) in [4.78, 5) is 14.9. The zero-order valence-electron chi connectivity index (χ0n) is 11.2. The molecule has 0 saturated heterocycles. The molecule has 102 valence electrons. The van der Waals surface area contributed by atoms with E-state index in [2.05, 4.69) is 0 Å². The number of benzene rings is 1. The Bertz CT molecular complexity index is 687. The smallest absolute Gasteiger partial charge is 0.254 e. The number of rotatable bonds is 3. The number of hydrogen-bond acceptors (Lipinski definition) is 3. The molecule has 1 aromatic carbocycles.